The fourth-order valence-electron chi connectivity index (χ4n) is 1.86. The van der Waals surface area contributed by atoms with Crippen molar-refractivity contribution in [2.24, 2.45) is 11.7 Å². The predicted octanol–water partition coefficient (Wildman–Crippen LogP) is 1.56. The molecule has 0 aromatic carbocycles. The van der Waals surface area contributed by atoms with Gasteiger partial charge in [0.15, 0.2) is 0 Å². The van der Waals surface area contributed by atoms with Crippen molar-refractivity contribution in [2.75, 3.05) is 19.6 Å². The first kappa shape index (κ1) is 11.2. The molecule has 0 aromatic heterocycles. The summed E-state index contributed by atoms with van der Waals surface area (Å²) in [4.78, 5) is 2.33. The molecule has 0 radical (unpaired) electrons. The first-order chi connectivity index (χ1) is 6.76. The van der Waals surface area contributed by atoms with E-state index in [4.69, 9.17) is 5.73 Å². The maximum atomic E-state index is 5.80. The van der Waals surface area contributed by atoms with Crippen molar-refractivity contribution in [3.05, 3.63) is 37.5 Å². The van der Waals surface area contributed by atoms with Gasteiger partial charge in [0.1, 0.15) is 0 Å². The lowest BCUT2D eigenvalue weighted by Gasteiger charge is -2.22. The fraction of sp³-hybridized carbons (Fsp3) is 0.500. The molecule has 2 unspecified atom stereocenters. The lowest BCUT2D eigenvalue weighted by Crippen LogP contribution is -2.30. The van der Waals surface area contributed by atoms with Gasteiger partial charge in [0.2, 0.25) is 0 Å². The normalized spacial score (nSPS) is 25.6. The van der Waals surface area contributed by atoms with Crippen molar-refractivity contribution >= 4 is 0 Å². The molecule has 0 bridgehead atoms. The molecule has 2 heteroatoms. The molecule has 0 saturated carbocycles. The molecule has 14 heavy (non-hydrogen) atoms. The Morgan fingerprint density at radius 1 is 1.29 bits per heavy atom. The fourth-order valence-corrected chi connectivity index (χ4v) is 1.86. The Morgan fingerprint density at radius 2 is 1.93 bits per heavy atom. The highest BCUT2D eigenvalue weighted by Crippen LogP contribution is 2.17. The summed E-state index contributed by atoms with van der Waals surface area (Å²) in [7, 11) is 0. The van der Waals surface area contributed by atoms with Crippen LogP contribution in [0.15, 0.2) is 37.5 Å². The Morgan fingerprint density at radius 3 is 2.36 bits per heavy atom. The van der Waals surface area contributed by atoms with Gasteiger partial charge in [-0.15, -0.1) is 13.2 Å². The van der Waals surface area contributed by atoms with Crippen LogP contribution in [-0.2, 0) is 0 Å². The van der Waals surface area contributed by atoms with Crippen LogP contribution < -0.4 is 5.73 Å². The second kappa shape index (κ2) is 5.78. The van der Waals surface area contributed by atoms with Crippen LogP contribution in [0.1, 0.15) is 6.42 Å². The first-order valence-corrected chi connectivity index (χ1v) is 5.14. The van der Waals surface area contributed by atoms with E-state index in [2.05, 4.69) is 30.2 Å². The first-order valence-electron chi connectivity index (χ1n) is 5.14. The van der Waals surface area contributed by atoms with E-state index < -0.39 is 0 Å². The van der Waals surface area contributed by atoms with Gasteiger partial charge in [0.25, 0.3) is 0 Å². The maximum Gasteiger partial charge on any atom is 0.0229 e. The summed E-state index contributed by atoms with van der Waals surface area (Å²) in [5, 5.41) is 0. The Bertz CT molecular complexity index is 210. The molecule has 0 aromatic rings. The zero-order valence-corrected chi connectivity index (χ0v) is 8.73. The van der Waals surface area contributed by atoms with E-state index in [1.165, 1.54) is 0 Å². The quantitative estimate of drug-likeness (QED) is 0.647. The maximum absolute atomic E-state index is 5.80. The van der Waals surface area contributed by atoms with Crippen molar-refractivity contribution in [3.63, 3.8) is 0 Å². The average molecular weight is 192 g/mol. The van der Waals surface area contributed by atoms with Gasteiger partial charge in [0.05, 0.1) is 0 Å². The van der Waals surface area contributed by atoms with Crippen molar-refractivity contribution in [2.45, 2.75) is 12.5 Å². The third-order valence-electron chi connectivity index (χ3n) is 2.47. The van der Waals surface area contributed by atoms with E-state index >= 15 is 0 Å². The zero-order valence-electron chi connectivity index (χ0n) is 8.73. The number of rotatable bonds is 6. The van der Waals surface area contributed by atoms with Crippen LogP contribution in [0.4, 0.5) is 0 Å². The molecule has 2 N–H and O–H groups in total. The van der Waals surface area contributed by atoms with E-state index in [9.17, 15) is 0 Å². The molecule has 1 aliphatic carbocycles. The number of hydrogen-bond acceptors (Lipinski definition) is 2. The summed E-state index contributed by atoms with van der Waals surface area (Å²) in [6.45, 7) is 10.4. The highest BCUT2D eigenvalue weighted by Gasteiger charge is 2.17. The Kier molecular flexibility index (Phi) is 4.63. The monoisotopic (exact) mass is 192 g/mol. The van der Waals surface area contributed by atoms with E-state index in [0.717, 1.165) is 26.1 Å². The summed E-state index contributed by atoms with van der Waals surface area (Å²) in [5.41, 5.74) is 5.80. The highest BCUT2D eigenvalue weighted by atomic mass is 15.1. The molecule has 1 aliphatic rings. The van der Waals surface area contributed by atoms with Gasteiger partial charge in [0, 0.05) is 25.7 Å². The molecular weight excluding hydrogens is 172 g/mol. The van der Waals surface area contributed by atoms with Crippen molar-refractivity contribution < 1.29 is 0 Å². The van der Waals surface area contributed by atoms with Gasteiger partial charge in [-0.2, -0.15) is 0 Å². The van der Waals surface area contributed by atoms with Crippen LogP contribution in [0.2, 0.25) is 0 Å². The van der Waals surface area contributed by atoms with E-state index in [0.29, 0.717) is 5.92 Å². The molecule has 0 aliphatic heterocycles. The van der Waals surface area contributed by atoms with Crippen molar-refractivity contribution in [1.82, 2.24) is 4.90 Å². The van der Waals surface area contributed by atoms with Crippen LogP contribution in [0.3, 0.4) is 0 Å². The predicted molar refractivity (Wildman–Crippen MR) is 62.1 cm³/mol. The van der Waals surface area contributed by atoms with Gasteiger partial charge >= 0.3 is 0 Å². The zero-order chi connectivity index (χ0) is 10.4. The molecule has 0 fully saturated rings. The van der Waals surface area contributed by atoms with Crippen LogP contribution in [0.25, 0.3) is 0 Å². The van der Waals surface area contributed by atoms with Crippen LogP contribution in [0.5, 0.6) is 0 Å². The minimum Gasteiger partial charge on any atom is -0.324 e. The summed E-state index contributed by atoms with van der Waals surface area (Å²) < 4.78 is 0. The lowest BCUT2D eigenvalue weighted by atomic mass is 10.1. The third kappa shape index (κ3) is 3.48. The summed E-state index contributed by atoms with van der Waals surface area (Å²) in [6, 6.07) is 0.259. The van der Waals surface area contributed by atoms with Crippen molar-refractivity contribution in [1.29, 1.82) is 0 Å². The third-order valence-corrected chi connectivity index (χ3v) is 2.47. The second-order valence-corrected chi connectivity index (χ2v) is 3.84. The standard InChI is InChI=1S/C12H20N2/c1-3-7-14(8-4-2)10-11-5-6-12(13)9-11/h3-6,11-12H,1-2,7-10,13H2. The van der Waals surface area contributed by atoms with E-state index in [1.807, 2.05) is 12.2 Å². The minimum absolute atomic E-state index is 0.259. The van der Waals surface area contributed by atoms with E-state index in [1.54, 1.807) is 0 Å². The Hall–Kier alpha value is -0.860. The smallest absolute Gasteiger partial charge is 0.0229 e. The molecule has 2 nitrogen and oxygen atoms in total. The summed E-state index contributed by atoms with van der Waals surface area (Å²) in [5.74, 6) is 0.602. The highest BCUT2D eigenvalue weighted by molar-refractivity contribution is 5.05. The Labute approximate surface area is 86.8 Å². The van der Waals surface area contributed by atoms with Gasteiger partial charge in [-0.25, -0.2) is 0 Å². The Balaban J connectivity index is 2.35. The molecular formula is C12H20N2. The lowest BCUT2D eigenvalue weighted by molar-refractivity contribution is 0.295. The molecule has 0 heterocycles. The van der Waals surface area contributed by atoms with Crippen LogP contribution in [-0.4, -0.2) is 30.6 Å². The topological polar surface area (TPSA) is 29.3 Å². The molecule has 1 rings (SSSR count). The molecule has 2 atom stereocenters. The minimum atomic E-state index is 0.259. The molecule has 78 valence electrons. The molecule has 0 spiro atoms. The summed E-state index contributed by atoms with van der Waals surface area (Å²) >= 11 is 0. The SMILES string of the molecule is C=CCN(CC=C)CC1C=CC(N)C1. The number of nitrogens with zero attached hydrogens (tertiary/aromatic N) is 1. The average Bonchev–Trinajstić information content (AvgIpc) is 2.52. The van der Waals surface area contributed by atoms with Gasteiger partial charge < -0.3 is 5.73 Å². The van der Waals surface area contributed by atoms with E-state index in [-0.39, 0.29) is 6.04 Å². The largest absolute Gasteiger partial charge is 0.324 e. The number of nitrogens with two attached hydrogens (primary N) is 1. The van der Waals surface area contributed by atoms with Gasteiger partial charge in [-0.05, 0) is 12.3 Å². The number of hydrogen-bond donors (Lipinski definition) is 1. The van der Waals surface area contributed by atoms with Crippen LogP contribution >= 0.6 is 0 Å². The molecule has 0 saturated heterocycles. The van der Waals surface area contributed by atoms with Gasteiger partial charge in [-0.3, -0.25) is 4.90 Å². The second-order valence-electron chi connectivity index (χ2n) is 3.84. The van der Waals surface area contributed by atoms with Gasteiger partial charge in [-0.1, -0.05) is 24.3 Å². The van der Waals surface area contributed by atoms with Crippen LogP contribution in [0, 0.1) is 5.92 Å². The molecule has 0 amide bonds. The van der Waals surface area contributed by atoms with Crippen molar-refractivity contribution in [3.8, 4) is 0 Å². The summed E-state index contributed by atoms with van der Waals surface area (Å²) in [6.07, 6.45) is 9.27.